The Hall–Kier alpha value is -1.32. The Labute approximate surface area is 192 Å². The third-order valence-corrected chi connectivity index (χ3v) is 7.65. The summed E-state index contributed by atoms with van der Waals surface area (Å²) < 4.78 is 5.22. The van der Waals surface area contributed by atoms with Crippen LogP contribution >= 0.6 is 23.5 Å². The van der Waals surface area contributed by atoms with Gasteiger partial charge < -0.3 is 20.1 Å². The first kappa shape index (κ1) is 25.9. The average molecular weight is 469 g/mol. The van der Waals surface area contributed by atoms with Crippen LogP contribution in [0.2, 0.25) is 0 Å². The predicted molar refractivity (Wildman–Crippen MR) is 126 cm³/mol. The van der Waals surface area contributed by atoms with Gasteiger partial charge in [0.1, 0.15) is 5.78 Å². The Morgan fingerprint density at radius 2 is 2.03 bits per heavy atom. The van der Waals surface area contributed by atoms with Crippen molar-refractivity contribution in [3.63, 3.8) is 0 Å². The molecular formula is C23H32O6S2. The molecule has 0 saturated heterocycles. The Morgan fingerprint density at radius 1 is 1.29 bits per heavy atom. The minimum absolute atomic E-state index is 0.0355. The molecule has 31 heavy (non-hydrogen) atoms. The summed E-state index contributed by atoms with van der Waals surface area (Å²) in [6.45, 7) is 0.534. The quantitative estimate of drug-likeness (QED) is 0.283. The molecule has 4 unspecified atom stereocenters. The largest absolute Gasteiger partial charge is 0.481 e. The third kappa shape index (κ3) is 8.98. The van der Waals surface area contributed by atoms with Crippen LogP contribution < -0.4 is 0 Å². The number of aliphatic hydroxyl groups is 2. The SMILES string of the molecule is COCc1ccccc1CCC(O)/C=C/C1C(O)CC(=O)C1SCCCSCC(=O)O. The van der Waals surface area contributed by atoms with Crippen molar-refractivity contribution in [1.29, 1.82) is 0 Å². The zero-order valence-electron chi connectivity index (χ0n) is 17.8. The topological polar surface area (TPSA) is 104 Å². The minimum atomic E-state index is -0.822. The molecular weight excluding hydrogens is 436 g/mol. The second-order valence-electron chi connectivity index (χ2n) is 7.60. The number of carboxylic acid groups (broad SMARTS) is 1. The summed E-state index contributed by atoms with van der Waals surface area (Å²) in [6, 6.07) is 7.99. The normalized spacial score (nSPS) is 22.3. The lowest BCUT2D eigenvalue weighted by atomic mass is 9.99. The number of benzene rings is 1. The number of aliphatic carboxylic acids is 1. The number of carbonyl (C=O) groups excluding carboxylic acids is 1. The highest BCUT2D eigenvalue weighted by Gasteiger charge is 2.40. The summed E-state index contributed by atoms with van der Waals surface area (Å²) >= 11 is 2.88. The first-order valence-corrected chi connectivity index (χ1v) is 12.7. The lowest BCUT2D eigenvalue weighted by molar-refractivity contribution is -0.133. The zero-order chi connectivity index (χ0) is 22.6. The van der Waals surface area contributed by atoms with E-state index in [2.05, 4.69) is 0 Å². The predicted octanol–water partition coefficient (Wildman–Crippen LogP) is 2.94. The molecule has 0 bridgehead atoms. The van der Waals surface area contributed by atoms with Gasteiger partial charge in [0.05, 0.1) is 29.8 Å². The van der Waals surface area contributed by atoms with Gasteiger partial charge in [0.15, 0.2) is 0 Å². The number of ether oxygens (including phenoxy) is 1. The standard InChI is InChI=1S/C23H32O6S2/c1-29-14-17-6-3-2-5-16(17)7-8-18(24)9-10-19-20(25)13-21(26)23(19)31-12-4-11-30-15-22(27)28/h2-3,5-6,9-10,18-20,23-25H,4,7-8,11-15H2,1H3,(H,27,28)/b10-9+. The summed E-state index contributed by atoms with van der Waals surface area (Å²) in [5.41, 5.74) is 2.25. The highest BCUT2D eigenvalue weighted by molar-refractivity contribution is 8.01. The monoisotopic (exact) mass is 468 g/mol. The minimum Gasteiger partial charge on any atom is -0.481 e. The van der Waals surface area contributed by atoms with Crippen LogP contribution in [0.4, 0.5) is 0 Å². The van der Waals surface area contributed by atoms with E-state index < -0.39 is 18.2 Å². The molecule has 1 aliphatic carbocycles. The molecule has 4 atom stereocenters. The zero-order valence-corrected chi connectivity index (χ0v) is 19.4. The van der Waals surface area contributed by atoms with Crippen LogP contribution in [0.3, 0.4) is 0 Å². The second-order valence-corrected chi connectivity index (χ2v) is 9.95. The third-order valence-electron chi connectivity index (χ3n) is 5.16. The summed E-state index contributed by atoms with van der Waals surface area (Å²) in [7, 11) is 1.66. The van der Waals surface area contributed by atoms with Crippen molar-refractivity contribution < 1.29 is 29.6 Å². The molecule has 0 aromatic heterocycles. The lowest BCUT2D eigenvalue weighted by Crippen LogP contribution is -2.22. The molecule has 6 nitrogen and oxygen atoms in total. The van der Waals surface area contributed by atoms with E-state index in [1.54, 1.807) is 19.3 Å². The van der Waals surface area contributed by atoms with E-state index in [-0.39, 0.29) is 29.1 Å². The van der Waals surface area contributed by atoms with Gasteiger partial charge in [0, 0.05) is 19.4 Å². The second kappa shape index (κ2) is 14.0. The summed E-state index contributed by atoms with van der Waals surface area (Å²) in [5.74, 6) is 0.460. The van der Waals surface area contributed by atoms with Crippen molar-refractivity contribution in [3.05, 3.63) is 47.5 Å². The van der Waals surface area contributed by atoms with Crippen molar-refractivity contribution >= 4 is 35.3 Å². The molecule has 1 aromatic rings. The van der Waals surface area contributed by atoms with Gasteiger partial charge in [-0.3, -0.25) is 9.59 Å². The molecule has 1 saturated carbocycles. The Morgan fingerprint density at radius 3 is 2.74 bits per heavy atom. The van der Waals surface area contributed by atoms with Crippen molar-refractivity contribution in [2.75, 3.05) is 24.4 Å². The maximum absolute atomic E-state index is 12.3. The van der Waals surface area contributed by atoms with Crippen LogP contribution in [0.25, 0.3) is 0 Å². The first-order chi connectivity index (χ1) is 14.9. The van der Waals surface area contributed by atoms with Gasteiger partial charge in [-0.25, -0.2) is 0 Å². The fourth-order valence-electron chi connectivity index (χ4n) is 3.59. The van der Waals surface area contributed by atoms with Crippen molar-refractivity contribution in [3.8, 4) is 0 Å². The first-order valence-electron chi connectivity index (χ1n) is 10.5. The van der Waals surface area contributed by atoms with E-state index in [0.29, 0.717) is 19.4 Å². The molecule has 2 rings (SSSR count). The van der Waals surface area contributed by atoms with E-state index in [9.17, 15) is 19.8 Å². The number of methoxy groups -OCH3 is 1. The van der Waals surface area contributed by atoms with Gasteiger partial charge in [-0.05, 0) is 41.9 Å². The number of Topliss-reactive ketones (excluding diaryl/α,β-unsaturated/α-hetero) is 1. The van der Waals surface area contributed by atoms with Crippen molar-refractivity contribution in [2.24, 2.45) is 5.92 Å². The van der Waals surface area contributed by atoms with Gasteiger partial charge in [0.2, 0.25) is 0 Å². The summed E-state index contributed by atoms with van der Waals surface area (Å²) in [6.07, 6.45) is 4.31. The molecule has 1 fully saturated rings. The highest BCUT2D eigenvalue weighted by Crippen LogP contribution is 2.34. The molecule has 8 heteroatoms. The number of carboxylic acids is 1. The van der Waals surface area contributed by atoms with Gasteiger partial charge in [-0.1, -0.05) is 36.4 Å². The van der Waals surface area contributed by atoms with Crippen LogP contribution in [-0.2, 0) is 27.4 Å². The van der Waals surface area contributed by atoms with Gasteiger partial charge >= 0.3 is 5.97 Å². The van der Waals surface area contributed by atoms with Gasteiger partial charge in [-0.2, -0.15) is 11.8 Å². The van der Waals surface area contributed by atoms with Gasteiger partial charge in [0.25, 0.3) is 0 Å². The molecule has 0 radical (unpaired) electrons. The number of aryl methyl sites for hydroxylation is 1. The maximum atomic E-state index is 12.3. The number of ketones is 1. The highest BCUT2D eigenvalue weighted by atomic mass is 32.2. The summed E-state index contributed by atoms with van der Waals surface area (Å²) in [4.78, 5) is 22.8. The summed E-state index contributed by atoms with van der Waals surface area (Å²) in [5, 5.41) is 29.0. The Bertz CT molecular complexity index is 739. The molecule has 0 heterocycles. The van der Waals surface area contributed by atoms with Gasteiger partial charge in [-0.15, -0.1) is 11.8 Å². The average Bonchev–Trinajstić information content (AvgIpc) is 3.00. The van der Waals surface area contributed by atoms with Crippen LogP contribution in [0, 0.1) is 5.92 Å². The molecule has 1 aromatic carbocycles. The van der Waals surface area contributed by atoms with Crippen LogP contribution in [0.5, 0.6) is 0 Å². The van der Waals surface area contributed by atoms with E-state index in [1.807, 2.05) is 24.3 Å². The van der Waals surface area contributed by atoms with Crippen LogP contribution in [0.15, 0.2) is 36.4 Å². The van der Waals surface area contributed by atoms with E-state index in [1.165, 1.54) is 23.5 Å². The number of aliphatic hydroxyl groups excluding tert-OH is 2. The Balaban J connectivity index is 1.82. The number of carbonyl (C=O) groups is 2. The molecule has 172 valence electrons. The van der Waals surface area contributed by atoms with E-state index in [4.69, 9.17) is 9.84 Å². The van der Waals surface area contributed by atoms with Crippen LogP contribution in [-0.4, -0.2) is 68.9 Å². The van der Waals surface area contributed by atoms with E-state index in [0.717, 1.165) is 29.1 Å². The fraction of sp³-hybridized carbons (Fsp3) is 0.565. The maximum Gasteiger partial charge on any atom is 0.313 e. The smallest absolute Gasteiger partial charge is 0.313 e. The van der Waals surface area contributed by atoms with E-state index >= 15 is 0 Å². The molecule has 0 aliphatic heterocycles. The molecule has 1 aliphatic rings. The lowest BCUT2D eigenvalue weighted by Gasteiger charge is -2.18. The Kier molecular flexibility index (Phi) is 11.7. The van der Waals surface area contributed by atoms with Crippen molar-refractivity contribution in [2.45, 2.75) is 49.7 Å². The number of rotatable bonds is 14. The number of thioether (sulfide) groups is 2. The molecule has 0 amide bonds. The van der Waals surface area contributed by atoms with Crippen LogP contribution in [0.1, 0.15) is 30.4 Å². The molecule has 0 spiro atoms. The number of hydrogen-bond donors (Lipinski definition) is 3. The van der Waals surface area contributed by atoms with Crippen molar-refractivity contribution in [1.82, 2.24) is 0 Å². The molecule has 3 N–H and O–H groups in total. The fourth-order valence-corrected chi connectivity index (χ4v) is 5.78. The number of hydrogen-bond acceptors (Lipinski definition) is 7.